The zero-order valence-corrected chi connectivity index (χ0v) is 7.97. The lowest BCUT2D eigenvalue weighted by Gasteiger charge is -2.01. The summed E-state index contributed by atoms with van der Waals surface area (Å²) in [4.78, 5) is 10.6. The van der Waals surface area contributed by atoms with Gasteiger partial charge in [-0.15, -0.1) is 5.10 Å². The van der Waals surface area contributed by atoms with E-state index in [1.54, 1.807) is 11.6 Å². The maximum Gasteiger partial charge on any atom is 0.358 e. The highest BCUT2D eigenvalue weighted by Gasteiger charge is 2.14. The molecule has 78 valence electrons. The highest BCUT2D eigenvalue weighted by molar-refractivity contribution is 5.86. The molecule has 0 aromatic carbocycles. The fraction of sp³-hybridized carbons (Fsp3) is 0.625. The first kappa shape index (κ1) is 10.6. The molecular weight excluding hydrogens is 186 g/mol. The summed E-state index contributed by atoms with van der Waals surface area (Å²) in [5.41, 5.74) is 0.546. The first-order valence-electron chi connectivity index (χ1n) is 4.41. The Kier molecular flexibility index (Phi) is 3.58. The van der Waals surface area contributed by atoms with Crippen LogP contribution >= 0.6 is 0 Å². The van der Waals surface area contributed by atoms with Gasteiger partial charge in [-0.3, -0.25) is 0 Å². The van der Waals surface area contributed by atoms with Crippen molar-refractivity contribution in [2.75, 3.05) is 6.61 Å². The smallest absolute Gasteiger partial charge is 0.358 e. The number of rotatable bonds is 5. The van der Waals surface area contributed by atoms with E-state index in [0.717, 1.165) is 6.42 Å². The Morgan fingerprint density at radius 1 is 1.50 bits per heavy atom. The molecule has 1 aromatic rings. The molecule has 0 atom stereocenters. The van der Waals surface area contributed by atoms with Gasteiger partial charge in [-0.1, -0.05) is 5.21 Å². The van der Waals surface area contributed by atoms with Crippen molar-refractivity contribution < 1.29 is 15.0 Å². The quantitative estimate of drug-likeness (QED) is 0.654. The number of carboxylic acid groups (broad SMARTS) is 1. The van der Waals surface area contributed by atoms with Crippen LogP contribution in [0.4, 0.5) is 0 Å². The van der Waals surface area contributed by atoms with Gasteiger partial charge in [0.1, 0.15) is 0 Å². The van der Waals surface area contributed by atoms with Crippen molar-refractivity contribution in [3.8, 4) is 0 Å². The number of aromatic carboxylic acids is 1. The van der Waals surface area contributed by atoms with Crippen LogP contribution in [-0.4, -0.2) is 37.8 Å². The number of unbranched alkanes of at least 4 members (excludes halogenated alkanes) is 1. The van der Waals surface area contributed by atoms with Gasteiger partial charge in [-0.05, 0) is 19.8 Å². The summed E-state index contributed by atoms with van der Waals surface area (Å²) in [5.74, 6) is -1.06. The fourth-order valence-electron chi connectivity index (χ4n) is 1.14. The molecule has 0 saturated heterocycles. The number of aliphatic hydroxyl groups is 1. The highest BCUT2D eigenvalue weighted by Crippen LogP contribution is 2.04. The van der Waals surface area contributed by atoms with Gasteiger partial charge < -0.3 is 10.2 Å². The Hall–Kier alpha value is -1.43. The van der Waals surface area contributed by atoms with Gasteiger partial charge in [0, 0.05) is 13.2 Å². The van der Waals surface area contributed by atoms with Gasteiger partial charge in [0.2, 0.25) is 0 Å². The summed E-state index contributed by atoms with van der Waals surface area (Å²) in [5, 5.41) is 24.5. The van der Waals surface area contributed by atoms with Crippen molar-refractivity contribution in [1.29, 1.82) is 0 Å². The van der Waals surface area contributed by atoms with Crippen molar-refractivity contribution in [3.63, 3.8) is 0 Å². The van der Waals surface area contributed by atoms with Crippen LogP contribution in [0.5, 0.6) is 0 Å². The Bertz CT molecular complexity index is 322. The third kappa shape index (κ3) is 2.29. The van der Waals surface area contributed by atoms with E-state index in [9.17, 15) is 4.79 Å². The molecule has 2 N–H and O–H groups in total. The third-order valence-corrected chi connectivity index (χ3v) is 1.96. The molecule has 6 heteroatoms. The third-order valence-electron chi connectivity index (χ3n) is 1.96. The van der Waals surface area contributed by atoms with Gasteiger partial charge in [-0.25, -0.2) is 9.48 Å². The fourth-order valence-corrected chi connectivity index (χ4v) is 1.14. The maximum atomic E-state index is 10.6. The number of aryl methyl sites for hydroxylation is 1. The Balaban J connectivity index is 2.65. The minimum Gasteiger partial charge on any atom is -0.476 e. The molecule has 0 amide bonds. The summed E-state index contributed by atoms with van der Waals surface area (Å²) in [6.07, 6.45) is 1.45. The van der Waals surface area contributed by atoms with E-state index in [1.165, 1.54) is 0 Å². The van der Waals surface area contributed by atoms with Crippen LogP contribution in [0.15, 0.2) is 0 Å². The van der Waals surface area contributed by atoms with Gasteiger partial charge in [0.15, 0.2) is 5.69 Å². The number of aromatic nitrogens is 3. The van der Waals surface area contributed by atoms with E-state index < -0.39 is 5.97 Å². The van der Waals surface area contributed by atoms with Crippen molar-refractivity contribution in [2.24, 2.45) is 0 Å². The van der Waals surface area contributed by atoms with E-state index >= 15 is 0 Å². The molecule has 0 aliphatic carbocycles. The Labute approximate surface area is 81.2 Å². The zero-order valence-electron chi connectivity index (χ0n) is 7.97. The predicted molar refractivity (Wildman–Crippen MR) is 48.0 cm³/mol. The first-order valence-corrected chi connectivity index (χ1v) is 4.41. The Morgan fingerprint density at radius 3 is 2.71 bits per heavy atom. The first-order chi connectivity index (χ1) is 6.66. The normalized spacial score (nSPS) is 10.4. The van der Waals surface area contributed by atoms with E-state index in [4.69, 9.17) is 10.2 Å². The second-order valence-electron chi connectivity index (χ2n) is 2.98. The van der Waals surface area contributed by atoms with E-state index in [2.05, 4.69) is 10.3 Å². The molecule has 0 aliphatic rings. The van der Waals surface area contributed by atoms with Crippen molar-refractivity contribution in [1.82, 2.24) is 15.0 Å². The van der Waals surface area contributed by atoms with Crippen molar-refractivity contribution >= 4 is 5.97 Å². The standard InChI is InChI=1S/C8H13N3O3/c1-6-7(8(13)14)9-10-11(6)4-2-3-5-12/h12H,2-5H2,1H3,(H,13,14). The summed E-state index contributed by atoms with van der Waals surface area (Å²) < 4.78 is 1.54. The van der Waals surface area contributed by atoms with Crippen molar-refractivity contribution in [2.45, 2.75) is 26.3 Å². The molecule has 6 nitrogen and oxygen atoms in total. The summed E-state index contributed by atoms with van der Waals surface area (Å²) in [6, 6.07) is 0. The molecule has 0 bridgehead atoms. The lowest BCUT2D eigenvalue weighted by molar-refractivity contribution is 0.0689. The average Bonchev–Trinajstić information content (AvgIpc) is 2.48. The predicted octanol–water partition coefficient (Wildman–Crippen LogP) is 0.0572. The number of nitrogens with zero attached hydrogens (tertiary/aromatic N) is 3. The van der Waals surface area contributed by atoms with Gasteiger partial charge in [0.05, 0.1) is 5.69 Å². The number of carbonyl (C=O) groups is 1. The lowest BCUT2D eigenvalue weighted by Crippen LogP contribution is -2.05. The van der Waals surface area contributed by atoms with E-state index in [1.807, 2.05) is 0 Å². The molecule has 14 heavy (non-hydrogen) atoms. The molecule has 0 fully saturated rings. The molecule has 1 heterocycles. The van der Waals surface area contributed by atoms with Crippen LogP contribution in [-0.2, 0) is 6.54 Å². The minimum absolute atomic E-state index is 0.00556. The average molecular weight is 199 g/mol. The molecule has 1 aromatic heterocycles. The second-order valence-corrected chi connectivity index (χ2v) is 2.98. The van der Waals surface area contributed by atoms with Crippen LogP contribution in [0.2, 0.25) is 0 Å². The molecule has 0 unspecified atom stereocenters. The molecule has 0 aliphatic heterocycles. The second kappa shape index (κ2) is 4.71. The van der Waals surface area contributed by atoms with Crippen LogP contribution in [0.25, 0.3) is 0 Å². The molecule has 1 rings (SSSR count). The topological polar surface area (TPSA) is 88.2 Å². The van der Waals surface area contributed by atoms with E-state index in [-0.39, 0.29) is 12.3 Å². The monoisotopic (exact) mass is 199 g/mol. The number of hydrogen-bond acceptors (Lipinski definition) is 4. The van der Waals surface area contributed by atoms with Crippen LogP contribution in [0, 0.1) is 6.92 Å². The molecule has 0 saturated carbocycles. The highest BCUT2D eigenvalue weighted by atomic mass is 16.4. The number of carboxylic acids is 1. The SMILES string of the molecule is Cc1c(C(=O)O)nnn1CCCCO. The van der Waals surface area contributed by atoms with Gasteiger partial charge in [-0.2, -0.15) is 0 Å². The van der Waals surface area contributed by atoms with E-state index in [0.29, 0.717) is 18.7 Å². The largest absolute Gasteiger partial charge is 0.476 e. The summed E-state index contributed by atoms with van der Waals surface area (Å²) in [7, 11) is 0. The molecular formula is C8H13N3O3. The van der Waals surface area contributed by atoms with Crippen LogP contribution in [0.1, 0.15) is 29.0 Å². The number of hydrogen-bond donors (Lipinski definition) is 2. The zero-order chi connectivity index (χ0) is 10.6. The lowest BCUT2D eigenvalue weighted by atomic mass is 10.3. The Morgan fingerprint density at radius 2 is 2.21 bits per heavy atom. The molecule has 0 spiro atoms. The minimum atomic E-state index is -1.06. The summed E-state index contributed by atoms with van der Waals surface area (Å²) >= 11 is 0. The summed E-state index contributed by atoms with van der Waals surface area (Å²) in [6.45, 7) is 2.40. The van der Waals surface area contributed by atoms with Gasteiger partial charge >= 0.3 is 5.97 Å². The number of aliphatic hydroxyl groups excluding tert-OH is 1. The van der Waals surface area contributed by atoms with Crippen molar-refractivity contribution in [3.05, 3.63) is 11.4 Å². The van der Waals surface area contributed by atoms with Gasteiger partial charge in [0.25, 0.3) is 0 Å². The maximum absolute atomic E-state index is 10.6. The van der Waals surface area contributed by atoms with Crippen LogP contribution in [0.3, 0.4) is 0 Å². The molecule has 0 radical (unpaired) electrons. The van der Waals surface area contributed by atoms with Crippen LogP contribution < -0.4 is 0 Å².